The maximum Gasteiger partial charge on any atom is 0.243 e. The van der Waals surface area contributed by atoms with Crippen LogP contribution in [0.4, 0.5) is 10.1 Å². The van der Waals surface area contributed by atoms with Crippen molar-refractivity contribution in [1.82, 2.24) is 4.90 Å². The first-order valence-electron chi connectivity index (χ1n) is 8.91. The Hall–Kier alpha value is -2.74. The van der Waals surface area contributed by atoms with Crippen molar-refractivity contribution in [3.8, 4) is 11.5 Å². The second-order valence-electron chi connectivity index (χ2n) is 6.06. The van der Waals surface area contributed by atoms with Gasteiger partial charge in [0, 0.05) is 23.2 Å². The zero-order valence-electron chi connectivity index (χ0n) is 15.4. The molecule has 1 aliphatic heterocycles. The van der Waals surface area contributed by atoms with Crippen LogP contribution >= 0.6 is 11.8 Å². The van der Waals surface area contributed by atoms with E-state index in [9.17, 15) is 14.0 Å². The number of rotatable bonds is 7. The Kier molecular flexibility index (Phi) is 6.76. The maximum absolute atomic E-state index is 12.9. The molecule has 0 atom stereocenters. The van der Waals surface area contributed by atoms with Gasteiger partial charge in [-0.25, -0.2) is 4.39 Å². The molecule has 6 nitrogen and oxygen atoms in total. The van der Waals surface area contributed by atoms with Crippen LogP contribution < -0.4 is 14.8 Å². The molecular formula is C20H21FN2O4S. The van der Waals surface area contributed by atoms with Crippen molar-refractivity contribution in [1.29, 1.82) is 0 Å². The van der Waals surface area contributed by atoms with Gasteiger partial charge >= 0.3 is 0 Å². The number of carbonyl (C=O) groups excluding carboxylic acids is 2. The molecule has 3 rings (SSSR count). The highest BCUT2D eigenvalue weighted by molar-refractivity contribution is 8.00. The predicted molar refractivity (Wildman–Crippen MR) is 105 cm³/mol. The van der Waals surface area contributed by atoms with Gasteiger partial charge in [0.15, 0.2) is 11.5 Å². The fraction of sp³-hybridized carbons (Fsp3) is 0.300. The lowest BCUT2D eigenvalue weighted by atomic mass is 10.2. The van der Waals surface area contributed by atoms with Crippen molar-refractivity contribution in [3.05, 3.63) is 48.3 Å². The summed E-state index contributed by atoms with van der Waals surface area (Å²) in [6, 6.07) is 11.1. The molecule has 8 heteroatoms. The van der Waals surface area contributed by atoms with Crippen LogP contribution in [0.25, 0.3) is 0 Å². The Morgan fingerprint density at radius 1 is 1.11 bits per heavy atom. The lowest BCUT2D eigenvalue weighted by molar-refractivity contribution is -0.132. The van der Waals surface area contributed by atoms with Gasteiger partial charge in [0.2, 0.25) is 11.8 Å². The van der Waals surface area contributed by atoms with Crippen molar-refractivity contribution in [2.45, 2.75) is 11.8 Å². The monoisotopic (exact) mass is 404 g/mol. The first-order chi connectivity index (χ1) is 13.5. The summed E-state index contributed by atoms with van der Waals surface area (Å²) in [4.78, 5) is 27.0. The van der Waals surface area contributed by atoms with Crippen molar-refractivity contribution in [2.24, 2.45) is 0 Å². The van der Waals surface area contributed by atoms with Gasteiger partial charge in [-0.1, -0.05) is 0 Å². The lowest BCUT2D eigenvalue weighted by Crippen LogP contribution is -2.38. The molecule has 0 aliphatic carbocycles. The zero-order chi connectivity index (χ0) is 19.9. The molecule has 0 fully saturated rings. The minimum Gasteiger partial charge on any atom is -0.486 e. The molecule has 0 bridgehead atoms. The summed E-state index contributed by atoms with van der Waals surface area (Å²) in [6.45, 7) is 3.15. The standard InChI is InChI=1S/C20H21FN2O4S/c1-2-23(20(25)13-28-16-6-3-14(21)4-7-16)12-19(24)22-15-5-8-17-18(11-15)27-10-9-26-17/h3-8,11H,2,9-10,12-13H2,1H3,(H,22,24). The topological polar surface area (TPSA) is 67.9 Å². The third-order valence-corrected chi connectivity index (χ3v) is 5.07. The minimum absolute atomic E-state index is 0.0479. The quantitative estimate of drug-likeness (QED) is 0.718. The molecule has 28 heavy (non-hydrogen) atoms. The van der Waals surface area contributed by atoms with E-state index in [4.69, 9.17) is 9.47 Å². The summed E-state index contributed by atoms with van der Waals surface area (Å²) >= 11 is 1.31. The van der Waals surface area contributed by atoms with Gasteiger partial charge in [0.25, 0.3) is 0 Å². The highest BCUT2D eigenvalue weighted by atomic mass is 32.2. The molecule has 1 aliphatic rings. The number of hydrogen-bond donors (Lipinski definition) is 1. The molecule has 1 heterocycles. The third kappa shape index (κ3) is 5.39. The molecule has 2 amide bonds. The number of fused-ring (bicyclic) bond motifs is 1. The number of hydrogen-bond acceptors (Lipinski definition) is 5. The molecule has 2 aromatic rings. The molecule has 0 aromatic heterocycles. The first kappa shape index (κ1) is 20.0. The smallest absolute Gasteiger partial charge is 0.243 e. The second kappa shape index (κ2) is 9.45. The summed E-state index contributed by atoms with van der Waals surface area (Å²) in [5.74, 6) is 0.640. The van der Waals surface area contributed by atoms with Gasteiger partial charge in [-0.15, -0.1) is 11.8 Å². The zero-order valence-corrected chi connectivity index (χ0v) is 16.3. The molecule has 1 N–H and O–H groups in total. The number of anilines is 1. The number of amides is 2. The molecular weight excluding hydrogens is 383 g/mol. The Labute approximate surface area is 167 Å². The Morgan fingerprint density at radius 2 is 1.82 bits per heavy atom. The first-order valence-corrected chi connectivity index (χ1v) is 9.89. The number of nitrogens with one attached hydrogen (secondary N) is 1. The van der Waals surface area contributed by atoms with Crippen LogP contribution in [0.15, 0.2) is 47.4 Å². The molecule has 148 valence electrons. The van der Waals surface area contributed by atoms with E-state index in [1.165, 1.54) is 28.8 Å². The van der Waals surface area contributed by atoms with Crippen molar-refractivity contribution < 1.29 is 23.5 Å². The SMILES string of the molecule is CCN(CC(=O)Nc1ccc2c(c1)OCCO2)C(=O)CSc1ccc(F)cc1. The van der Waals surface area contributed by atoms with E-state index in [1.54, 1.807) is 30.3 Å². The fourth-order valence-electron chi connectivity index (χ4n) is 2.64. The van der Waals surface area contributed by atoms with E-state index >= 15 is 0 Å². The molecule has 0 unspecified atom stereocenters. The Balaban J connectivity index is 1.52. The molecule has 0 spiro atoms. The second-order valence-corrected chi connectivity index (χ2v) is 7.11. The molecule has 0 radical (unpaired) electrons. The highest BCUT2D eigenvalue weighted by Crippen LogP contribution is 2.32. The summed E-state index contributed by atoms with van der Waals surface area (Å²) in [7, 11) is 0. The number of benzene rings is 2. The molecule has 0 saturated carbocycles. The Morgan fingerprint density at radius 3 is 2.54 bits per heavy atom. The maximum atomic E-state index is 12.9. The van der Waals surface area contributed by atoms with Crippen LogP contribution in [0.3, 0.4) is 0 Å². The van der Waals surface area contributed by atoms with Gasteiger partial charge in [-0.3, -0.25) is 9.59 Å². The van der Waals surface area contributed by atoms with E-state index in [1.807, 2.05) is 6.92 Å². The van der Waals surface area contributed by atoms with Crippen LogP contribution in [-0.4, -0.2) is 48.8 Å². The number of thioether (sulfide) groups is 1. The van der Waals surface area contributed by atoms with Crippen molar-refractivity contribution in [3.63, 3.8) is 0 Å². The van der Waals surface area contributed by atoms with E-state index in [0.717, 1.165) is 4.90 Å². The summed E-state index contributed by atoms with van der Waals surface area (Å²) < 4.78 is 23.9. The number of likely N-dealkylation sites (N-methyl/N-ethyl adjacent to an activating group) is 1. The number of halogens is 1. The average molecular weight is 404 g/mol. The number of ether oxygens (including phenoxy) is 2. The average Bonchev–Trinajstić information content (AvgIpc) is 2.71. The summed E-state index contributed by atoms with van der Waals surface area (Å²) in [5, 5.41) is 2.77. The lowest BCUT2D eigenvalue weighted by Gasteiger charge is -2.21. The molecule has 2 aromatic carbocycles. The van der Waals surface area contributed by atoms with Crippen LogP contribution in [0, 0.1) is 5.82 Å². The van der Waals surface area contributed by atoms with Gasteiger partial charge in [-0.05, 0) is 43.3 Å². The van der Waals surface area contributed by atoms with Crippen LogP contribution in [0.1, 0.15) is 6.92 Å². The number of carbonyl (C=O) groups is 2. The van der Waals surface area contributed by atoms with E-state index in [2.05, 4.69) is 5.32 Å². The largest absolute Gasteiger partial charge is 0.486 e. The van der Waals surface area contributed by atoms with E-state index < -0.39 is 0 Å². The summed E-state index contributed by atoms with van der Waals surface area (Å²) in [6.07, 6.45) is 0. The highest BCUT2D eigenvalue weighted by Gasteiger charge is 2.17. The van der Waals surface area contributed by atoms with Gasteiger partial charge in [-0.2, -0.15) is 0 Å². The van der Waals surface area contributed by atoms with E-state index in [-0.39, 0.29) is 29.9 Å². The minimum atomic E-state index is -0.318. The third-order valence-electron chi connectivity index (χ3n) is 4.07. The van der Waals surface area contributed by atoms with Crippen molar-refractivity contribution >= 4 is 29.3 Å². The predicted octanol–water partition coefficient (Wildman–Crippen LogP) is 3.18. The summed E-state index contributed by atoms with van der Waals surface area (Å²) in [5.41, 5.74) is 0.582. The van der Waals surface area contributed by atoms with Gasteiger partial charge in [0.05, 0.1) is 12.3 Å². The Bertz CT molecular complexity index is 845. The normalized spacial score (nSPS) is 12.4. The van der Waals surface area contributed by atoms with Crippen LogP contribution in [0.5, 0.6) is 11.5 Å². The van der Waals surface area contributed by atoms with E-state index in [0.29, 0.717) is 36.9 Å². The van der Waals surface area contributed by atoms with Crippen LogP contribution in [-0.2, 0) is 9.59 Å². The van der Waals surface area contributed by atoms with Gasteiger partial charge < -0.3 is 19.7 Å². The number of nitrogens with zero attached hydrogens (tertiary/aromatic N) is 1. The van der Waals surface area contributed by atoms with Crippen molar-refractivity contribution in [2.75, 3.05) is 37.4 Å². The van der Waals surface area contributed by atoms with Gasteiger partial charge in [0.1, 0.15) is 19.0 Å². The van der Waals surface area contributed by atoms with Crippen LogP contribution in [0.2, 0.25) is 0 Å². The fourth-order valence-corrected chi connectivity index (χ4v) is 3.44. The molecule has 0 saturated heterocycles.